The number of thiazole rings is 1. The fourth-order valence-corrected chi connectivity index (χ4v) is 3.17. The summed E-state index contributed by atoms with van der Waals surface area (Å²) in [5.74, 6) is 1.42. The summed E-state index contributed by atoms with van der Waals surface area (Å²) >= 11 is 1.56. The third-order valence-electron chi connectivity index (χ3n) is 3.78. The highest BCUT2D eigenvalue weighted by atomic mass is 32.1. The molecule has 1 heterocycles. The lowest BCUT2D eigenvalue weighted by Crippen LogP contribution is -2.20. The van der Waals surface area contributed by atoms with Gasteiger partial charge in [-0.3, -0.25) is 4.79 Å². The minimum absolute atomic E-state index is 0.238. The van der Waals surface area contributed by atoms with Gasteiger partial charge in [0.2, 0.25) is 0 Å². The monoisotopic (exact) mass is 282 g/mol. The van der Waals surface area contributed by atoms with Gasteiger partial charge in [0.1, 0.15) is 0 Å². The number of aromatic nitrogens is 1. The third kappa shape index (κ3) is 4.49. The Morgan fingerprint density at radius 1 is 1.47 bits per heavy atom. The van der Waals surface area contributed by atoms with Crippen LogP contribution >= 0.6 is 11.3 Å². The zero-order valence-electron chi connectivity index (χ0n) is 11.6. The quantitative estimate of drug-likeness (QED) is 0.843. The first kappa shape index (κ1) is 14.3. The molecule has 1 aliphatic carbocycles. The normalized spacial score (nSPS) is 23.1. The smallest absolute Gasteiger partial charge is 0.311 e. The van der Waals surface area contributed by atoms with Gasteiger partial charge in [0, 0.05) is 11.9 Å². The van der Waals surface area contributed by atoms with Crippen LogP contribution in [0.3, 0.4) is 0 Å². The number of methoxy groups -OCH3 is 1. The fourth-order valence-electron chi connectivity index (χ4n) is 2.45. The minimum Gasteiger partial charge on any atom is -0.469 e. The molecule has 106 valence electrons. The number of nitrogens with zero attached hydrogens (tertiary/aromatic N) is 1. The molecule has 0 radical (unpaired) electrons. The molecule has 1 fully saturated rings. The summed E-state index contributed by atoms with van der Waals surface area (Å²) in [4.78, 5) is 15.6. The zero-order valence-corrected chi connectivity index (χ0v) is 12.5. The molecule has 1 aromatic rings. The Bertz CT molecular complexity index is 411. The molecule has 1 aromatic heterocycles. The second-order valence-corrected chi connectivity index (χ2v) is 6.26. The molecule has 0 saturated heterocycles. The summed E-state index contributed by atoms with van der Waals surface area (Å²) in [6.07, 6.45) is 5.58. The van der Waals surface area contributed by atoms with Gasteiger partial charge in [-0.2, -0.15) is 0 Å². The first-order valence-electron chi connectivity index (χ1n) is 6.92. The van der Waals surface area contributed by atoms with Crippen molar-refractivity contribution < 1.29 is 9.53 Å². The first-order chi connectivity index (χ1) is 9.17. The van der Waals surface area contributed by atoms with Crippen LogP contribution in [0.5, 0.6) is 0 Å². The second kappa shape index (κ2) is 6.89. The van der Waals surface area contributed by atoms with Crippen molar-refractivity contribution in [2.24, 2.45) is 11.8 Å². The van der Waals surface area contributed by atoms with E-state index >= 15 is 0 Å². The first-order valence-corrected chi connectivity index (χ1v) is 7.80. The zero-order chi connectivity index (χ0) is 13.7. The van der Waals surface area contributed by atoms with Crippen LogP contribution < -0.4 is 5.32 Å². The van der Waals surface area contributed by atoms with Crippen molar-refractivity contribution in [3.8, 4) is 0 Å². The number of anilines is 1. The van der Waals surface area contributed by atoms with Crippen molar-refractivity contribution in [3.63, 3.8) is 0 Å². The molecule has 5 heteroatoms. The molecule has 1 aliphatic rings. The van der Waals surface area contributed by atoms with E-state index in [1.165, 1.54) is 32.8 Å². The number of carbonyl (C=O) groups excluding carboxylic acids is 1. The maximum Gasteiger partial charge on any atom is 0.311 e. The molecule has 4 nitrogen and oxygen atoms in total. The van der Waals surface area contributed by atoms with Crippen LogP contribution in [0.1, 0.15) is 38.3 Å². The van der Waals surface area contributed by atoms with Gasteiger partial charge in [-0.15, -0.1) is 11.3 Å². The molecule has 0 atom stereocenters. The summed E-state index contributed by atoms with van der Waals surface area (Å²) in [7, 11) is 1.40. The lowest BCUT2D eigenvalue weighted by Gasteiger charge is -2.26. The maximum absolute atomic E-state index is 11.1. The van der Waals surface area contributed by atoms with Crippen molar-refractivity contribution >= 4 is 22.4 Å². The van der Waals surface area contributed by atoms with Crippen molar-refractivity contribution in [2.75, 3.05) is 19.0 Å². The largest absolute Gasteiger partial charge is 0.469 e. The van der Waals surface area contributed by atoms with E-state index in [9.17, 15) is 4.79 Å². The lowest BCUT2D eigenvalue weighted by atomic mass is 9.83. The van der Waals surface area contributed by atoms with Crippen molar-refractivity contribution in [2.45, 2.75) is 39.0 Å². The minimum atomic E-state index is -0.238. The van der Waals surface area contributed by atoms with E-state index in [2.05, 4.69) is 22.0 Å². The van der Waals surface area contributed by atoms with Crippen molar-refractivity contribution in [3.05, 3.63) is 11.1 Å². The Balaban J connectivity index is 1.75. The van der Waals surface area contributed by atoms with Crippen molar-refractivity contribution in [1.82, 2.24) is 4.98 Å². The van der Waals surface area contributed by atoms with Crippen LogP contribution in [-0.4, -0.2) is 24.6 Å². The molecule has 0 spiro atoms. The fraction of sp³-hybridized carbons (Fsp3) is 0.714. The van der Waals surface area contributed by atoms with Gasteiger partial charge in [0.25, 0.3) is 0 Å². The van der Waals surface area contributed by atoms with Gasteiger partial charge in [-0.25, -0.2) is 4.98 Å². The van der Waals surface area contributed by atoms with E-state index in [4.69, 9.17) is 0 Å². The van der Waals surface area contributed by atoms with Crippen LogP contribution in [0.15, 0.2) is 5.38 Å². The predicted octanol–water partition coefficient (Wildman–Crippen LogP) is 3.10. The lowest BCUT2D eigenvalue weighted by molar-refractivity contribution is -0.139. The number of ether oxygens (including phenoxy) is 1. The Hall–Kier alpha value is -1.10. The van der Waals surface area contributed by atoms with E-state index in [0.29, 0.717) is 0 Å². The van der Waals surface area contributed by atoms with Gasteiger partial charge >= 0.3 is 5.97 Å². The van der Waals surface area contributed by atoms with Gasteiger partial charge in [0.15, 0.2) is 5.13 Å². The van der Waals surface area contributed by atoms with Crippen LogP contribution in [0, 0.1) is 11.8 Å². The molecule has 0 amide bonds. The number of rotatable bonds is 5. The molecule has 1 N–H and O–H groups in total. The van der Waals surface area contributed by atoms with E-state index in [0.717, 1.165) is 29.2 Å². The standard InChI is InChI=1S/C14H22N2O2S/c1-10-3-5-11(6-4-10)8-15-14-16-12(9-19-14)7-13(17)18-2/h9-11H,3-8H2,1-2H3,(H,15,16). The van der Waals surface area contributed by atoms with E-state index in [-0.39, 0.29) is 12.4 Å². The highest BCUT2D eigenvalue weighted by Crippen LogP contribution is 2.28. The summed E-state index contributed by atoms with van der Waals surface area (Å²) in [6, 6.07) is 0. The molecular formula is C14H22N2O2S. The highest BCUT2D eigenvalue weighted by molar-refractivity contribution is 7.13. The summed E-state index contributed by atoms with van der Waals surface area (Å²) in [6.45, 7) is 3.33. The molecule has 19 heavy (non-hydrogen) atoms. The number of esters is 1. The Morgan fingerprint density at radius 2 is 2.21 bits per heavy atom. The maximum atomic E-state index is 11.1. The van der Waals surface area contributed by atoms with Crippen LogP contribution in [-0.2, 0) is 16.0 Å². The SMILES string of the molecule is COC(=O)Cc1csc(NCC2CCC(C)CC2)n1. The predicted molar refractivity (Wildman–Crippen MR) is 77.4 cm³/mol. The average molecular weight is 282 g/mol. The molecule has 0 aromatic carbocycles. The Morgan fingerprint density at radius 3 is 2.89 bits per heavy atom. The molecule has 0 unspecified atom stereocenters. The van der Waals surface area contributed by atoms with Crippen LogP contribution in [0.25, 0.3) is 0 Å². The number of hydrogen-bond donors (Lipinski definition) is 1. The summed E-state index contributed by atoms with van der Waals surface area (Å²) in [5, 5.41) is 6.23. The highest BCUT2D eigenvalue weighted by Gasteiger charge is 2.18. The van der Waals surface area contributed by atoms with Gasteiger partial charge in [0.05, 0.1) is 19.2 Å². The topological polar surface area (TPSA) is 51.2 Å². The summed E-state index contributed by atoms with van der Waals surface area (Å²) in [5.41, 5.74) is 0.789. The molecular weight excluding hydrogens is 260 g/mol. The average Bonchev–Trinajstić information content (AvgIpc) is 2.85. The van der Waals surface area contributed by atoms with E-state index in [1.807, 2.05) is 5.38 Å². The molecule has 2 rings (SSSR count). The van der Waals surface area contributed by atoms with Gasteiger partial charge in [-0.1, -0.05) is 19.8 Å². The van der Waals surface area contributed by atoms with E-state index < -0.39 is 0 Å². The Labute approximate surface area is 118 Å². The number of nitrogens with one attached hydrogen (secondary N) is 1. The number of carbonyl (C=O) groups is 1. The summed E-state index contributed by atoms with van der Waals surface area (Å²) < 4.78 is 4.63. The molecule has 0 aliphatic heterocycles. The van der Waals surface area contributed by atoms with Crippen molar-refractivity contribution in [1.29, 1.82) is 0 Å². The number of hydrogen-bond acceptors (Lipinski definition) is 5. The third-order valence-corrected chi connectivity index (χ3v) is 4.63. The van der Waals surface area contributed by atoms with Gasteiger partial charge in [-0.05, 0) is 24.7 Å². The molecule has 1 saturated carbocycles. The molecule has 0 bridgehead atoms. The second-order valence-electron chi connectivity index (χ2n) is 5.40. The Kier molecular flexibility index (Phi) is 5.19. The van der Waals surface area contributed by atoms with Crippen LogP contribution in [0.4, 0.5) is 5.13 Å². The van der Waals surface area contributed by atoms with Crippen LogP contribution in [0.2, 0.25) is 0 Å². The van der Waals surface area contributed by atoms with E-state index in [1.54, 1.807) is 11.3 Å². The van der Waals surface area contributed by atoms with Gasteiger partial charge < -0.3 is 10.1 Å².